The fourth-order valence-electron chi connectivity index (χ4n) is 1.26. The summed E-state index contributed by atoms with van der Waals surface area (Å²) in [6.45, 7) is 0. The SMILES string of the molecule is COc1ccc(CC#N)cc1CC#N. The smallest absolute Gasteiger partial charge is 0.123 e. The highest BCUT2D eigenvalue weighted by molar-refractivity contribution is 5.39. The Morgan fingerprint density at radius 3 is 2.50 bits per heavy atom. The molecule has 1 rings (SSSR count). The van der Waals surface area contributed by atoms with Gasteiger partial charge in [-0.15, -0.1) is 0 Å². The van der Waals surface area contributed by atoms with Crippen molar-refractivity contribution in [2.75, 3.05) is 7.11 Å². The summed E-state index contributed by atoms with van der Waals surface area (Å²) in [7, 11) is 1.57. The summed E-state index contributed by atoms with van der Waals surface area (Å²) in [6, 6.07) is 9.60. The first kappa shape index (κ1) is 10.1. The molecule has 0 aliphatic carbocycles. The third-order valence-corrected chi connectivity index (χ3v) is 1.90. The third-order valence-electron chi connectivity index (χ3n) is 1.90. The average molecular weight is 186 g/mol. The Kier molecular flexibility index (Phi) is 3.52. The van der Waals surface area contributed by atoms with E-state index in [1.165, 1.54) is 0 Å². The van der Waals surface area contributed by atoms with Crippen LogP contribution in [0.4, 0.5) is 0 Å². The van der Waals surface area contributed by atoms with Crippen molar-refractivity contribution in [1.29, 1.82) is 10.5 Å². The predicted octanol–water partition coefficient (Wildman–Crippen LogP) is 1.83. The Hall–Kier alpha value is -2.00. The Morgan fingerprint density at radius 2 is 1.93 bits per heavy atom. The first-order valence-corrected chi connectivity index (χ1v) is 4.21. The molecule has 0 atom stereocenters. The minimum Gasteiger partial charge on any atom is -0.496 e. The molecule has 3 nitrogen and oxygen atoms in total. The number of methoxy groups -OCH3 is 1. The van der Waals surface area contributed by atoms with E-state index in [9.17, 15) is 0 Å². The van der Waals surface area contributed by atoms with Crippen molar-refractivity contribution in [3.05, 3.63) is 29.3 Å². The molecule has 0 unspecified atom stereocenters. The van der Waals surface area contributed by atoms with Gasteiger partial charge in [-0.1, -0.05) is 12.1 Å². The average Bonchev–Trinajstić information content (AvgIpc) is 2.19. The van der Waals surface area contributed by atoms with E-state index in [0.29, 0.717) is 18.6 Å². The van der Waals surface area contributed by atoms with Crippen molar-refractivity contribution in [3.8, 4) is 17.9 Å². The molecule has 70 valence electrons. The van der Waals surface area contributed by atoms with E-state index in [0.717, 1.165) is 11.1 Å². The van der Waals surface area contributed by atoms with Gasteiger partial charge in [0.1, 0.15) is 5.75 Å². The fraction of sp³-hybridized carbons (Fsp3) is 0.273. The fourth-order valence-corrected chi connectivity index (χ4v) is 1.26. The molecule has 1 aromatic carbocycles. The monoisotopic (exact) mass is 186 g/mol. The van der Waals surface area contributed by atoms with Crippen LogP contribution in [0.5, 0.6) is 5.75 Å². The summed E-state index contributed by atoms with van der Waals surface area (Å²) < 4.78 is 5.10. The van der Waals surface area contributed by atoms with Crippen LogP contribution in [0.25, 0.3) is 0 Å². The minimum absolute atomic E-state index is 0.308. The molecule has 14 heavy (non-hydrogen) atoms. The van der Waals surface area contributed by atoms with E-state index >= 15 is 0 Å². The number of nitrogens with zero attached hydrogens (tertiary/aromatic N) is 2. The van der Waals surface area contributed by atoms with Crippen LogP contribution in [-0.2, 0) is 12.8 Å². The highest BCUT2D eigenvalue weighted by Crippen LogP contribution is 2.20. The summed E-state index contributed by atoms with van der Waals surface area (Å²) in [5.74, 6) is 0.702. The zero-order valence-electron chi connectivity index (χ0n) is 7.95. The number of hydrogen-bond acceptors (Lipinski definition) is 3. The van der Waals surface area contributed by atoms with Gasteiger partial charge < -0.3 is 4.74 Å². The summed E-state index contributed by atoms with van der Waals surface area (Å²) in [6.07, 6.45) is 0.671. The van der Waals surface area contributed by atoms with Crippen LogP contribution in [0.15, 0.2) is 18.2 Å². The van der Waals surface area contributed by atoms with Gasteiger partial charge in [0.05, 0.1) is 32.1 Å². The Labute approximate surface area is 83.2 Å². The molecule has 0 spiro atoms. The zero-order valence-corrected chi connectivity index (χ0v) is 7.95. The van der Waals surface area contributed by atoms with Crippen LogP contribution in [0.1, 0.15) is 11.1 Å². The normalized spacial score (nSPS) is 8.79. The number of hydrogen-bond donors (Lipinski definition) is 0. The van der Waals surface area contributed by atoms with Gasteiger partial charge in [-0.3, -0.25) is 0 Å². The van der Waals surface area contributed by atoms with Crippen molar-refractivity contribution >= 4 is 0 Å². The van der Waals surface area contributed by atoms with E-state index in [-0.39, 0.29) is 0 Å². The third kappa shape index (κ3) is 2.24. The highest BCUT2D eigenvalue weighted by atomic mass is 16.5. The van der Waals surface area contributed by atoms with Crippen LogP contribution in [0.3, 0.4) is 0 Å². The molecule has 0 fully saturated rings. The Balaban J connectivity index is 3.03. The molecule has 0 heterocycles. The molecule has 0 saturated heterocycles. The minimum atomic E-state index is 0.308. The van der Waals surface area contributed by atoms with Crippen molar-refractivity contribution in [3.63, 3.8) is 0 Å². The number of rotatable bonds is 3. The molecule has 0 aliphatic heterocycles. The maximum atomic E-state index is 8.59. The lowest BCUT2D eigenvalue weighted by molar-refractivity contribution is 0.410. The van der Waals surface area contributed by atoms with Crippen molar-refractivity contribution in [2.45, 2.75) is 12.8 Å². The van der Waals surface area contributed by atoms with E-state index in [4.69, 9.17) is 15.3 Å². The standard InChI is InChI=1S/C11H10N2O/c1-14-11-3-2-9(4-6-12)8-10(11)5-7-13/h2-3,8H,4-5H2,1H3. The molecular formula is C11H10N2O. The topological polar surface area (TPSA) is 56.8 Å². The second kappa shape index (κ2) is 4.89. The van der Waals surface area contributed by atoms with Crippen LogP contribution in [0.2, 0.25) is 0 Å². The molecule has 3 heteroatoms. The van der Waals surface area contributed by atoms with Crippen molar-refractivity contribution < 1.29 is 4.74 Å². The number of benzene rings is 1. The zero-order chi connectivity index (χ0) is 10.4. The second-order valence-corrected chi connectivity index (χ2v) is 2.82. The molecule has 0 saturated carbocycles. The van der Waals surface area contributed by atoms with Gasteiger partial charge in [0.2, 0.25) is 0 Å². The van der Waals surface area contributed by atoms with E-state index in [1.807, 2.05) is 12.1 Å². The first-order valence-electron chi connectivity index (χ1n) is 4.21. The van der Waals surface area contributed by atoms with Gasteiger partial charge in [-0.25, -0.2) is 0 Å². The largest absolute Gasteiger partial charge is 0.496 e. The second-order valence-electron chi connectivity index (χ2n) is 2.82. The van der Waals surface area contributed by atoms with Gasteiger partial charge in [0.15, 0.2) is 0 Å². The maximum Gasteiger partial charge on any atom is 0.123 e. The molecule has 0 amide bonds. The molecule has 0 aromatic heterocycles. The van der Waals surface area contributed by atoms with E-state index in [1.54, 1.807) is 13.2 Å². The van der Waals surface area contributed by atoms with Gasteiger partial charge in [-0.2, -0.15) is 10.5 Å². The van der Waals surface area contributed by atoms with Gasteiger partial charge in [-0.05, 0) is 11.6 Å². The number of ether oxygens (including phenoxy) is 1. The highest BCUT2D eigenvalue weighted by Gasteiger charge is 2.03. The lowest BCUT2D eigenvalue weighted by Crippen LogP contribution is -1.93. The van der Waals surface area contributed by atoms with Crippen molar-refractivity contribution in [1.82, 2.24) is 0 Å². The van der Waals surface area contributed by atoms with Crippen LogP contribution in [0, 0.1) is 22.7 Å². The molecule has 1 aromatic rings. The van der Waals surface area contributed by atoms with E-state index in [2.05, 4.69) is 12.1 Å². The van der Waals surface area contributed by atoms with Gasteiger partial charge in [0.25, 0.3) is 0 Å². The number of nitriles is 2. The summed E-state index contributed by atoms with van der Waals surface area (Å²) in [5.41, 5.74) is 1.75. The van der Waals surface area contributed by atoms with Crippen LogP contribution < -0.4 is 4.74 Å². The quantitative estimate of drug-likeness (QED) is 0.723. The molecule has 0 N–H and O–H groups in total. The lowest BCUT2D eigenvalue weighted by Gasteiger charge is -2.06. The molecule has 0 aliphatic rings. The summed E-state index contributed by atoms with van der Waals surface area (Å²) in [4.78, 5) is 0. The Morgan fingerprint density at radius 1 is 1.21 bits per heavy atom. The van der Waals surface area contributed by atoms with Gasteiger partial charge >= 0.3 is 0 Å². The van der Waals surface area contributed by atoms with Crippen LogP contribution >= 0.6 is 0 Å². The molecule has 0 radical (unpaired) electrons. The van der Waals surface area contributed by atoms with E-state index < -0.39 is 0 Å². The van der Waals surface area contributed by atoms with Crippen LogP contribution in [-0.4, -0.2) is 7.11 Å². The Bertz CT molecular complexity index is 399. The maximum absolute atomic E-state index is 8.59. The lowest BCUT2D eigenvalue weighted by atomic mass is 10.1. The van der Waals surface area contributed by atoms with Gasteiger partial charge in [0, 0.05) is 5.56 Å². The molecule has 0 bridgehead atoms. The molecular weight excluding hydrogens is 176 g/mol. The summed E-state index contributed by atoms with van der Waals surface area (Å²) in [5, 5.41) is 17.1. The summed E-state index contributed by atoms with van der Waals surface area (Å²) >= 11 is 0. The predicted molar refractivity (Wildman–Crippen MR) is 51.6 cm³/mol. The van der Waals surface area contributed by atoms with Crippen molar-refractivity contribution in [2.24, 2.45) is 0 Å². The first-order chi connectivity index (χ1) is 6.81.